The highest BCUT2D eigenvalue weighted by molar-refractivity contribution is 5.76. The van der Waals surface area contributed by atoms with Crippen molar-refractivity contribution in [3.05, 3.63) is 11.7 Å². The zero-order chi connectivity index (χ0) is 8.27. The lowest BCUT2D eigenvalue weighted by Gasteiger charge is -1.91. The number of amides is 1. The Labute approximate surface area is 62.7 Å². The van der Waals surface area contributed by atoms with E-state index in [-0.39, 0.29) is 18.2 Å². The molecule has 1 rings (SSSR count). The van der Waals surface area contributed by atoms with Crippen LogP contribution in [0.4, 0.5) is 0 Å². The van der Waals surface area contributed by atoms with Crippen LogP contribution in [0.2, 0.25) is 0 Å². The predicted octanol–water partition coefficient (Wildman–Crippen LogP) is -1.09. The Kier molecular flexibility index (Phi) is 2.17. The van der Waals surface area contributed by atoms with Gasteiger partial charge in [-0.05, 0) is 6.92 Å². The van der Waals surface area contributed by atoms with Gasteiger partial charge >= 0.3 is 0 Å². The van der Waals surface area contributed by atoms with Crippen LogP contribution in [0, 0.1) is 6.92 Å². The quantitative estimate of drug-likeness (QED) is 0.322. The van der Waals surface area contributed by atoms with Gasteiger partial charge in [-0.3, -0.25) is 10.2 Å². The lowest BCUT2D eigenvalue weighted by atomic mass is 10.4. The SMILES string of the molecule is Cc1noc(CC(=O)NN)n1. The molecule has 0 radical (unpaired) electrons. The number of hydrogen-bond donors (Lipinski definition) is 2. The molecule has 1 heterocycles. The first kappa shape index (κ1) is 7.67. The van der Waals surface area contributed by atoms with Gasteiger partial charge in [0.2, 0.25) is 11.8 Å². The summed E-state index contributed by atoms with van der Waals surface area (Å²) in [6, 6.07) is 0. The topological polar surface area (TPSA) is 94.0 Å². The third kappa shape index (κ3) is 2.01. The molecule has 0 saturated heterocycles. The van der Waals surface area contributed by atoms with Crippen LogP contribution < -0.4 is 11.3 Å². The fourth-order valence-electron chi connectivity index (χ4n) is 0.600. The van der Waals surface area contributed by atoms with Crippen LogP contribution in [0.15, 0.2) is 4.52 Å². The van der Waals surface area contributed by atoms with Crippen LogP contribution in [-0.2, 0) is 11.2 Å². The maximum Gasteiger partial charge on any atom is 0.243 e. The van der Waals surface area contributed by atoms with Crippen LogP contribution in [0.5, 0.6) is 0 Å². The monoisotopic (exact) mass is 156 g/mol. The van der Waals surface area contributed by atoms with Crippen molar-refractivity contribution >= 4 is 5.91 Å². The molecule has 60 valence electrons. The Hall–Kier alpha value is -1.43. The summed E-state index contributed by atoms with van der Waals surface area (Å²) < 4.78 is 4.66. The van der Waals surface area contributed by atoms with E-state index in [1.54, 1.807) is 6.92 Å². The molecule has 0 bridgehead atoms. The second-order valence-electron chi connectivity index (χ2n) is 1.98. The lowest BCUT2D eigenvalue weighted by Crippen LogP contribution is -2.31. The fraction of sp³-hybridized carbons (Fsp3) is 0.400. The Morgan fingerprint density at radius 2 is 2.55 bits per heavy atom. The maximum absolute atomic E-state index is 10.6. The molecule has 0 spiro atoms. The molecule has 1 amide bonds. The summed E-state index contributed by atoms with van der Waals surface area (Å²) >= 11 is 0. The normalized spacial score (nSPS) is 9.64. The summed E-state index contributed by atoms with van der Waals surface area (Å²) in [5, 5.41) is 3.50. The molecule has 1 aromatic rings. The van der Waals surface area contributed by atoms with Crippen LogP contribution in [0.3, 0.4) is 0 Å². The number of carbonyl (C=O) groups excluding carboxylic acids is 1. The first-order chi connectivity index (χ1) is 5.22. The molecule has 3 N–H and O–H groups in total. The van der Waals surface area contributed by atoms with Crippen molar-refractivity contribution in [1.29, 1.82) is 0 Å². The van der Waals surface area contributed by atoms with Crippen LogP contribution in [-0.4, -0.2) is 16.0 Å². The van der Waals surface area contributed by atoms with E-state index in [4.69, 9.17) is 5.84 Å². The molecular weight excluding hydrogens is 148 g/mol. The van der Waals surface area contributed by atoms with E-state index in [0.717, 1.165) is 0 Å². The summed E-state index contributed by atoms with van der Waals surface area (Å²) in [7, 11) is 0. The standard InChI is InChI=1S/C5H8N4O2/c1-3-7-5(11-9-3)2-4(10)8-6/h2,6H2,1H3,(H,8,10). The van der Waals surface area contributed by atoms with E-state index in [0.29, 0.717) is 5.82 Å². The molecular formula is C5H8N4O2. The van der Waals surface area contributed by atoms with Crippen molar-refractivity contribution in [2.24, 2.45) is 5.84 Å². The molecule has 0 aliphatic heterocycles. The number of hydrogen-bond acceptors (Lipinski definition) is 5. The zero-order valence-electron chi connectivity index (χ0n) is 6.00. The average Bonchev–Trinajstić information content (AvgIpc) is 2.35. The van der Waals surface area contributed by atoms with Gasteiger partial charge in [0.1, 0.15) is 6.42 Å². The molecule has 0 aromatic carbocycles. The first-order valence-corrected chi connectivity index (χ1v) is 3.01. The minimum atomic E-state index is -0.353. The molecule has 0 fully saturated rings. The van der Waals surface area contributed by atoms with Gasteiger partial charge in [-0.2, -0.15) is 4.98 Å². The number of hydrazine groups is 1. The summed E-state index contributed by atoms with van der Waals surface area (Å²) in [6.07, 6.45) is 0.0251. The summed E-state index contributed by atoms with van der Waals surface area (Å²) in [5.41, 5.74) is 1.96. The van der Waals surface area contributed by atoms with Gasteiger partial charge in [0, 0.05) is 0 Å². The number of aryl methyl sites for hydroxylation is 1. The lowest BCUT2D eigenvalue weighted by molar-refractivity contribution is -0.120. The van der Waals surface area contributed by atoms with E-state index < -0.39 is 0 Å². The molecule has 6 heteroatoms. The highest BCUT2D eigenvalue weighted by atomic mass is 16.5. The predicted molar refractivity (Wildman–Crippen MR) is 35.1 cm³/mol. The molecule has 0 atom stereocenters. The number of aromatic nitrogens is 2. The number of rotatable bonds is 2. The highest BCUT2D eigenvalue weighted by Crippen LogP contribution is 1.95. The number of nitrogens with two attached hydrogens (primary N) is 1. The van der Waals surface area contributed by atoms with Crippen molar-refractivity contribution in [2.45, 2.75) is 13.3 Å². The van der Waals surface area contributed by atoms with Gasteiger partial charge in [-0.25, -0.2) is 5.84 Å². The van der Waals surface area contributed by atoms with Crippen molar-refractivity contribution in [2.75, 3.05) is 0 Å². The van der Waals surface area contributed by atoms with E-state index in [1.807, 2.05) is 5.43 Å². The Balaban J connectivity index is 2.57. The Morgan fingerprint density at radius 1 is 1.82 bits per heavy atom. The van der Waals surface area contributed by atoms with Crippen LogP contribution in [0.25, 0.3) is 0 Å². The third-order valence-corrected chi connectivity index (χ3v) is 1.04. The highest BCUT2D eigenvalue weighted by Gasteiger charge is 2.06. The molecule has 0 unspecified atom stereocenters. The molecule has 6 nitrogen and oxygen atoms in total. The number of nitrogens with zero attached hydrogens (tertiary/aromatic N) is 2. The third-order valence-electron chi connectivity index (χ3n) is 1.04. The second kappa shape index (κ2) is 3.11. The van der Waals surface area contributed by atoms with Crippen molar-refractivity contribution in [1.82, 2.24) is 15.6 Å². The van der Waals surface area contributed by atoms with E-state index in [1.165, 1.54) is 0 Å². The van der Waals surface area contributed by atoms with Gasteiger partial charge in [0.15, 0.2) is 5.82 Å². The fourth-order valence-corrected chi connectivity index (χ4v) is 0.600. The maximum atomic E-state index is 10.6. The van der Waals surface area contributed by atoms with Crippen molar-refractivity contribution in [3.63, 3.8) is 0 Å². The summed E-state index contributed by atoms with van der Waals surface area (Å²) in [5.74, 6) is 5.26. The van der Waals surface area contributed by atoms with Crippen LogP contribution in [0.1, 0.15) is 11.7 Å². The van der Waals surface area contributed by atoms with Crippen LogP contribution >= 0.6 is 0 Å². The van der Waals surface area contributed by atoms with Gasteiger partial charge in [0.25, 0.3) is 0 Å². The molecule has 0 aliphatic carbocycles. The molecule has 1 aromatic heterocycles. The molecule has 11 heavy (non-hydrogen) atoms. The summed E-state index contributed by atoms with van der Waals surface area (Å²) in [6.45, 7) is 1.67. The van der Waals surface area contributed by atoms with Gasteiger partial charge < -0.3 is 4.52 Å². The minimum Gasteiger partial charge on any atom is -0.339 e. The average molecular weight is 156 g/mol. The number of carbonyl (C=O) groups is 1. The first-order valence-electron chi connectivity index (χ1n) is 3.01. The molecule has 0 aliphatic rings. The van der Waals surface area contributed by atoms with Gasteiger partial charge in [0.05, 0.1) is 0 Å². The Bertz CT molecular complexity index is 257. The van der Waals surface area contributed by atoms with Crippen molar-refractivity contribution < 1.29 is 9.32 Å². The van der Waals surface area contributed by atoms with E-state index >= 15 is 0 Å². The smallest absolute Gasteiger partial charge is 0.243 e. The Morgan fingerprint density at radius 3 is 3.00 bits per heavy atom. The minimum absolute atomic E-state index is 0.0251. The van der Waals surface area contributed by atoms with Gasteiger partial charge in [-0.1, -0.05) is 5.16 Å². The van der Waals surface area contributed by atoms with Gasteiger partial charge in [-0.15, -0.1) is 0 Å². The largest absolute Gasteiger partial charge is 0.339 e. The number of nitrogens with one attached hydrogen (secondary N) is 1. The van der Waals surface area contributed by atoms with E-state index in [2.05, 4.69) is 14.7 Å². The summed E-state index contributed by atoms with van der Waals surface area (Å²) in [4.78, 5) is 14.4. The second-order valence-corrected chi connectivity index (χ2v) is 1.98. The zero-order valence-corrected chi connectivity index (χ0v) is 6.00. The van der Waals surface area contributed by atoms with E-state index in [9.17, 15) is 4.79 Å². The van der Waals surface area contributed by atoms with Crippen molar-refractivity contribution in [3.8, 4) is 0 Å². The molecule has 0 saturated carbocycles.